The summed E-state index contributed by atoms with van der Waals surface area (Å²) >= 11 is 6.81. The Hall–Kier alpha value is -0.990. The molecule has 1 aromatic rings. The van der Waals surface area contributed by atoms with Gasteiger partial charge in [0.25, 0.3) is 0 Å². The van der Waals surface area contributed by atoms with Crippen LogP contribution in [-0.4, -0.2) is 36.7 Å². The number of amides is 2. The van der Waals surface area contributed by atoms with Crippen molar-refractivity contribution >= 4 is 36.6 Å². The van der Waals surface area contributed by atoms with Gasteiger partial charge in [0, 0.05) is 10.8 Å². The van der Waals surface area contributed by atoms with Gasteiger partial charge in [-0.2, -0.15) is 5.01 Å². The summed E-state index contributed by atoms with van der Waals surface area (Å²) in [4.78, 5) is 23.5. The van der Waals surface area contributed by atoms with E-state index >= 15 is 0 Å². The lowest BCUT2D eigenvalue weighted by Crippen LogP contribution is -2.39. The van der Waals surface area contributed by atoms with Gasteiger partial charge in [-0.3, -0.25) is 4.57 Å². The van der Waals surface area contributed by atoms with Crippen LogP contribution >= 0.6 is 30.5 Å². The molecule has 8 nitrogen and oxygen atoms in total. The number of halogens is 1. The highest BCUT2D eigenvalue weighted by atomic mass is 35.5. The van der Waals surface area contributed by atoms with Crippen molar-refractivity contribution in [3.8, 4) is 0 Å². The van der Waals surface area contributed by atoms with Crippen LogP contribution < -0.4 is 5.32 Å². The molecule has 11 heteroatoms. The van der Waals surface area contributed by atoms with Crippen molar-refractivity contribution in [1.82, 2.24) is 10.3 Å². The van der Waals surface area contributed by atoms with Crippen molar-refractivity contribution in [2.75, 3.05) is 25.6 Å². The SMILES string of the molecule is CCOP(=O)(OCC)C(NC(=O)N(CCCl)N=O)c1cccs1. The van der Waals surface area contributed by atoms with Crippen LogP contribution in [0.4, 0.5) is 4.79 Å². The second-order valence-electron chi connectivity index (χ2n) is 4.14. The van der Waals surface area contributed by atoms with Gasteiger partial charge in [-0.15, -0.1) is 27.8 Å². The summed E-state index contributed by atoms with van der Waals surface area (Å²) < 4.78 is 23.6. The van der Waals surface area contributed by atoms with Crippen LogP contribution in [0.25, 0.3) is 0 Å². The molecule has 0 aliphatic rings. The Morgan fingerprint density at radius 1 is 1.48 bits per heavy atom. The van der Waals surface area contributed by atoms with E-state index in [1.54, 1.807) is 31.4 Å². The fourth-order valence-corrected chi connectivity index (χ4v) is 4.90. The van der Waals surface area contributed by atoms with E-state index in [4.69, 9.17) is 20.6 Å². The molecule has 0 saturated heterocycles. The Morgan fingerprint density at radius 3 is 2.57 bits per heavy atom. The zero-order valence-electron chi connectivity index (χ0n) is 12.8. The van der Waals surface area contributed by atoms with E-state index in [-0.39, 0.29) is 25.6 Å². The number of carbonyl (C=O) groups excluding carboxylic acids is 1. The van der Waals surface area contributed by atoms with E-state index in [1.165, 1.54) is 11.3 Å². The van der Waals surface area contributed by atoms with Crippen molar-refractivity contribution in [2.24, 2.45) is 5.29 Å². The van der Waals surface area contributed by atoms with E-state index in [0.29, 0.717) is 9.89 Å². The molecule has 1 atom stereocenters. The van der Waals surface area contributed by atoms with Gasteiger partial charge in [-0.25, -0.2) is 4.79 Å². The fourth-order valence-electron chi connectivity index (χ4n) is 1.75. The number of hydrogen-bond acceptors (Lipinski definition) is 7. The summed E-state index contributed by atoms with van der Waals surface area (Å²) in [6.07, 6.45) is 0. The number of thiophene rings is 1. The quantitative estimate of drug-likeness (QED) is 0.285. The molecular weight excluding hydrogens is 365 g/mol. The van der Waals surface area contributed by atoms with E-state index in [1.807, 2.05) is 0 Å². The molecular formula is C12H19ClN3O5PS. The molecule has 0 radical (unpaired) electrons. The van der Waals surface area contributed by atoms with Crippen molar-refractivity contribution in [2.45, 2.75) is 19.6 Å². The number of rotatable bonds is 10. The predicted molar refractivity (Wildman–Crippen MR) is 89.7 cm³/mol. The second-order valence-corrected chi connectivity index (χ2v) is 7.61. The Balaban J connectivity index is 3.08. The van der Waals surface area contributed by atoms with Gasteiger partial charge in [0.05, 0.1) is 25.0 Å². The minimum Gasteiger partial charge on any atom is -0.318 e. The van der Waals surface area contributed by atoms with Crippen molar-refractivity contribution in [1.29, 1.82) is 0 Å². The van der Waals surface area contributed by atoms with Gasteiger partial charge in [0.15, 0.2) is 5.78 Å². The lowest BCUT2D eigenvalue weighted by molar-refractivity contribution is 0.188. The van der Waals surface area contributed by atoms with E-state index < -0.39 is 19.4 Å². The van der Waals surface area contributed by atoms with Crippen LogP contribution in [0.15, 0.2) is 22.8 Å². The van der Waals surface area contributed by atoms with Crippen LogP contribution in [-0.2, 0) is 13.6 Å². The molecule has 0 aromatic carbocycles. The number of hydrogen-bond donors (Lipinski definition) is 1. The molecule has 0 spiro atoms. The van der Waals surface area contributed by atoms with Gasteiger partial charge in [-0.1, -0.05) is 6.07 Å². The number of alkyl halides is 1. The third-order valence-electron chi connectivity index (χ3n) is 2.64. The summed E-state index contributed by atoms with van der Waals surface area (Å²) in [6.45, 7) is 3.57. The molecule has 130 valence electrons. The standard InChI is InChI=1S/C12H19ClN3O5PS/c1-3-20-22(19,21-4-2)11(10-6-5-9-23-10)14-12(17)16(15-18)8-7-13/h5-6,9,11H,3-4,7-8H2,1-2H3,(H,14,17). The number of carbonyl (C=O) groups is 1. The smallest absolute Gasteiger partial charge is 0.318 e. The summed E-state index contributed by atoms with van der Waals surface area (Å²) in [5, 5.41) is 7.49. The number of urea groups is 1. The van der Waals surface area contributed by atoms with Crippen LogP contribution in [0.2, 0.25) is 0 Å². The molecule has 0 saturated carbocycles. The first-order valence-corrected chi connectivity index (χ1v) is 9.94. The van der Waals surface area contributed by atoms with Gasteiger partial charge < -0.3 is 14.4 Å². The summed E-state index contributed by atoms with van der Waals surface area (Å²) in [7, 11) is -3.67. The highest BCUT2D eigenvalue weighted by Crippen LogP contribution is 2.60. The average molecular weight is 384 g/mol. The van der Waals surface area contributed by atoms with Crippen LogP contribution in [0.1, 0.15) is 24.5 Å². The molecule has 2 amide bonds. The Kier molecular flexibility index (Phi) is 8.72. The lowest BCUT2D eigenvalue weighted by atomic mass is 10.4. The first-order valence-electron chi connectivity index (χ1n) is 6.91. The number of nitroso groups, excluding NO2 is 1. The second kappa shape index (κ2) is 10.00. The van der Waals surface area contributed by atoms with Crippen molar-refractivity contribution < 1.29 is 18.4 Å². The van der Waals surface area contributed by atoms with Crippen molar-refractivity contribution in [3.05, 3.63) is 27.3 Å². The van der Waals surface area contributed by atoms with E-state index in [2.05, 4.69) is 10.6 Å². The maximum Gasteiger partial charge on any atom is 0.358 e. The normalized spacial score (nSPS) is 12.7. The molecule has 1 unspecified atom stereocenters. The van der Waals surface area contributed by atoms with Crippen LogP contribution in [0.5, 0.6) is 0 Å². The molecule has 23 heavy (non-hydrogen) atoms. The lowest BCUT2D eigenvalue weighted by Gasteiger charge is -2.27. The highest BCUT2D eigenvalue weighted by molar-refractivity contribution is 7.54. The van der Waals surface area contributed by atoms with Gasteiger partial charge in [0.1, 0.15) is 0 Å². The molecule has 0 aliphatic heterocycles. The largest absolute Gasteiger partial charge is 0.358 e. The third-order valence-corrected chi connectivity index (χ3v) is 6.19. The molecule has 1 N–H and O–H groups in total. The summed E-state index contributed by atoms with van der Waals surface area (Å²) in [5.74, 6) is -0.994. The molecule has 0 fully saturated rings. The topological polar surface area (TPSA) is 97.3 Å². The Bertz CT molecular complexity index is 535. The fraction of sp³-hybridized carbons (Fsp3) is 0.583. The van der Waals surface area contributed by atoms with Crippen LogP contribution in [0, 0.1) is 4.91 Å². The molecule has 0 bridgehead atoms. The minimum absolute atomic E-state index is 0.0391. The predicted octanol–water partition coefficient (Wildman–Crippen LogP) is 3.94. The summed E-state index contributed by atoms with van der Waals surface area (Å²) in [6, 6.07) is 2.62. The average Bonchev–Trinajstić information content (AvgIpc) is 3.04. The minimum atomic E-state index is -3.67. The number of nitrogens with zero attached hydrogens (tertiary/aromatic N) is 2. The molecule has 0 aliphatic carbocycles. The highest BCUT2D eigenvalue weighted by Gasteiger charge is 2.39. The van der Waals surface area contributed by atoms with Gasteiger partial charge >= 0.3 is 13.6 Å². The molecule has 1 heterocycles. The van der Waals surface area contributed by atoms with Crippen molar-refractivity contribution in [3.63, 3.8) is 0 Å². The zero-order valence-corrected chi connectivity index (χ0v) is 15.3. The zero-order chi connectivity index (χ0) is 17.3. The maximum absolute atomic E-state index is 13.0. The van der Waals surface area contributed by atoms with E-state index in [9.17, 15) is 14.3 Å². The summed E-state index contributed by atoms with van der Waals surface area (Å²) in [5.41, 5.74) is 0. The van der Waals surface area contributed by atoms with Gasteiger partial charge in [-0.05, 0) is 25.3 Å². The number of nitrogens with one attached hydrogen (secondary N) is 1. The Labute approximate surface area is 143 Å². The van der Waals surface area contributed by atoms with E-state index in [0.717, 1.165) is 0 Å². The Morgan fingerprint density at radius 2 is 2.13 bits per heavy atom. The third kappa shape index (κ3) is 5.54. The first kappa shape index (κ1) is 20.1. The monoisotopic (exact) mass is 383 g/mol. The molecule has 1 aromatic heterocycles. The first-order chi connectivity index (χ1) is 11.0. The maximum atomic E-state index is 13.0. The molecule has 1 rings (SSSR count). The van der Waals surface area contributed by atoms with Gasteiger partial charge in [0.2, 0.25) is 0 Å². The van der Waals surface area contributed by atoms with Crippen LogP contribution in [0.3, 0.4) is 0 Å².